The van der Waals surface area contributed by atoms with E-state index in [1.165, 1.54) is 10.9 Å². The maximum atomic E-state index is 12.5. The number of rotatable bonds is 3. The molecule has 0 amide bonds. The third kappa shape index (κ3) is 2.61. The second kappa shape index (κ2) is 5.66. The molecule has 0 atom stereocenters. The molecule has 2 N–H and O–H groups in total. The maximum Gasteiger partial charge on any atom is 0.198 e. The molecule has 0 aliphatic rings. The first-order valence-electron chi connectivity index (χ1n) is 6.77. The number of carbonyl (C=O) groups is 1. The minimum Gasteiger partial charge on any atom is -0.383 e. The van der Waals surface area contributed by atoms with Gasteiger partial charge in [0.2, 0.25) is 0 Å². The zero-order valence-corrected chi connectivity index (χ0v) is 12.7. The normalized spacial score (nSPS) is 10.6. The smallest absolute Gasteiger partial charge is 0.198 e. The predicted octanol–water partition coefficient (Wildman–Crippen LogP) is 3.65. The van der Waals surface area contributed by atoms with Crippen molar-refractivity contribution < 1.29 is 4.79 Å². The molecule has 0 spiro atoms. The van der Waals surface area contributed by atoms with Crippen LogP contribution in [0.5, 0.6) is 0 Å². The van der Waals surface area contributed by atoms with Gasteiger partial charge in [0.25, 0.3) is 0 Å². The molecule has 4 nitrogen and oxygen atoms in total. The molecule has 1 aromatic heterocycles. The molecule has 0 aliphatic carbocycles. The number of aryl methyl sites for hydroxylation is 1. The van der Waals surface area contributed by atoms with Crippen LogP contribution in [0, 0.1) is 6.92 Å². The van der Waals surface area contributed by atoms with Gasteiger partial charge in [0.05, 0.1) is 17.4 Å². The van der Waals surface area contributed by atoms with Gasteiger partial charge in [0.1, 0.15) is 5.82 Å². The van der Waals surface area contributed by atoms with Crippen LogP contribution in [0.3, 0.4) is 0 Å². The van der Waals surface area contributed by atoms with Crippen LogP contribution in [-0.4, -0.2) is 15.6 Å². The fourth-order valence-corrected chi connectivity index (χ4v) is 2.31. The van der Waals surface area contributed by atoms with Crippen LogP contribution < -0.4 is 5.73 Å². The molecule has 3 aromatic rings. The van der Waals surface area contributed by atoms with Crippen molar-refractivity contribution in [1.29, 1.82) is 0 Å². The Labute approximate surface area is 133 Å². The van der Waals surface area contributed by atoms with E-state index >= 15 is 0 Å². The Hall–Kier alpha value is -2.59. The summed E-state index contributed by atoms with van der Waals surface area (Å²) in [6.45, 7) is 1.97. The number of aromatic nitrogens is 2. The van der Waals surface area contributed by atoms with Gasteiger partial charge in [-0.15, -0.1) is 0 Å². The summed E-state index contributed by atoms with van der Waals surface area (Å²) < 4.78 is 1.53. The Bertz CT molecular complexity index is 820. The molecule has 0 radical (unpaired) electrons. The van der Waals surface area contributed by atoms with Crippen molar-refractivity contribution >= 4 is 23.2 Å². The van der Waals surface area contributed by atoms with Gasteiger partial charge in [-0.3, -0.25) is 4.79 Å². The lowest BCUT2D eigenvalue weighted by molar-refractivity contribution is 0.103. The predicted molar refractivity (Wildman–Crippen MR) is 87.6 cm³/mol. The van der Waals surface area contributed by atoms with E-state index in [0.29, 0.717) is 22.0 Å². The highest BCUT2D eigenvalue weighted by Gasteiger charge is 2.17. The van der Waals surface area contributed by atoms with E-state index < -0.39 is 0 Å². The molecular formula is C17H14ClN3O. The Morgan fingerprint density at radius 3 is 2.36 bits per heavy atom. The van der Waals surface area contributed by atoms with Crippen LogP contribution in [0.1, 0.15) is 21.5 Å². The highest BCUT2D eigenvalue weighted by Crippen LogP contribution is 2.21. The van der Waals surface area contributed by atoms with Crippen molar-refractivity contribution in [3.63, 3.8) is 0 Å². The summed E-state index contributed by atoms with van der Waals surface area (Å²) in [5.41, 5.74) is 8.92. The quantitative estimate of drug-likeness (QED) is 0.751. The maximum absolute atomic E-state index is 12.5. The zero-order chi connectivity index (χ0) is 15.7. The van der Waals surface area contributed by atoms with Crippen LogP contribution in [0.2, 0.25) is 5.02 Å². The molecule has 0 fully saturated rings. The number of hydrogen-bond acceptors (Lipinski definition) is 3. The SMILES string of the molecule is Cc1ccc(C(=O)c2cnn(-c3ccc(Cl)cc3)c2N)cc1. The average molecular weight is 312 g/mol. The molecule has 1 heterocycles. The topological polar surface area (TPSA) is 60.9 Å². The fourth-order valence-electron chi connectivity index (χ4n) is 2.18. The minimum absolute atomic E-state index is 0.141. The summed E-state index contributed by atoms with van der Waals surface area (Å²) in [5.74, 6) is 0.172. The van der Waals surface area contributed by atoms with E-state index in [9.17, 15) is 4.79 Å². The summed E-state index contributed by atoms with van der Waals surface area (Å²) in [4.78, 5) is 12.5. The van der Waals surface area contributed by atoms with Crippen LogP contribution in [-0.2, 0) is 0 Å². The van der Waals surface area contributed by atoms with Gasteiger partial charge < -0.3 is 5.73 Å². The number of benzene rings is 2. The molecule has 0 saturated carbocycles. The lowest BCUT2D eigenvalue weighted by Gasteiger charge is -2.05. The van der Waals surface area contributed by atoms with Crippen molar-refractivity contribution in [2.24, 2.45) is 0 Å². The fraction of sp³-hybridized carbons (Fsp3) is 0.0588. The number of anilines is 1. The molecule has 0 aliphatic heterocycles. The van der Waals surface area contributed by atoms with Gasteiger partial charge in [-0.1, -0.05) is 41.4 Å². The third-order valence-electron chi connectivity index (χ3n) is 3.44. The standard InChI is InChI=1S/C17H14ClN3O/c1-11-2-4-12(5-3-11)16(22)15-10-20-21(17(15)19)14-8-6-13(18)7-9-14/h2-10H,19H2,1H3. The number of nitrogens with two attached hydrogens (primary N) is 1. The molecule has 3 rings (SSSR count). The number of ketones is 1. The largest absolute Gasteiger partial charge is 0.383 e. The lowest BCUT2D eigenvalue weighted by Crippen LogP contribution is -2.07. The number of nitrogens with zero attached hydrogens (tertiary/aromatic N) is 2. The van der Waals surface area contributed by atoms with Crippen molar-refractivity contribution in [2.45, 2.75) is 6.92 Å². The second-order valence-electron chi connectivity index (χ2n) is 5.03. The zero-order valence-electron chi connectivity index (χ0n) is 12.0. The van der Waals surface area contributed by atoms with Crippen LogP contribution >= 0.6 is 11.6 Å². The van der Waals surface area contributed by atoms with Crippen molar-refractivity contribution in [3.8, 4) is 5.69 Å². The molecule has 0 bridgehead atoms. The van der Waals surface area contributed by atoms with Gasteiger partial charge >= 0.3 is 0 Å². The summed E-state index contributed by atoms with van der Waals surface area (Å²) in [6.07, 6.45) is 1.49. The summed E-state index contributed by atoms with van der Waals surface area (Å²) >= 11 is 5.87. The highest BCUT2D eigenvalue weighted by atomic mass is 35.5. The van der Waals surface area contributed by atoms with E-state index in [1.807, 2.05) is 19.1 Å². The molecular weight excluding hydrogens is 298 g/mol. The molecule has 0 saturated heterocycles. The Balaban J connectivity index is 1.98. The first kappa shape index (κ1) is 14.4. The first-order valence-corrected chi connectivity index (χ1v) is 7.15. The second-order valence-corrected chi connectivity index (χ2v) is 5.46. The number of nitrogen functional groups attached to an aromatic ring is 1. The number of halogens is 1. The van der Waals surface area contributed by atoms with Crippen molar-refractivity contribution in [2.75, 3.05) is 5.73 Å². The average Bonchev–Trinajstić information content (AvgIpc) is 2.90. The Kier molecular flexibility index (Phi) is 3.69. The first-order chi connectivity index (χ1) is 10.6. The van der Waals surface area contributed by atoms with E-state index in [1.54, 1.807) is 36.4 Å². The van der Waals surface area contributed by atoms with Crippen LogP contribution in [0.15, 0.2) is 54.7 Å². The van der Waals surface area contributed by atoms with E-state index in [4.69, 9.17) is 17.3 Å². The lowest BCUT2D eigenvalue weighted by atomic mass is 10.0. The van der Waals surface area contributed by atoms with Gasteiger partial charge in [-0.25, -0.2) is 4.68 Å². The van der Waals surface area contributed by atoms with Crippen LogP contribution in [0.25, 0.3) is 5.69 Å². The van der Waals surface area contributed by atoms with Gasteiger partial charge in [0.15, 0.2) is 5.78 Å². The van der Waals surface area contributed by atoms with Crippen molar-refractivity contribution in [3.05, 3.63) is 76.4 Å². The highest BCUT2D eigenvalue weighted by molar-refractivity contribution is 6.30. The van der Waals surface area contributed by atoms with Crippen LogP contribution in [0.4, 0.5) is 5.82 Å². The summed E-state index contributed by atoms with van der Waals surface area (Å²) in [5, 5.41) is 4.84. The minimum atomic E-state index is -0.141. The van der Waals surface area contributed by atoms with E-state index in [-0.39, 0.29) is 5.78 Å². The molecule has 110 valence electrons. The summed E-state index contributed by atoms with van der Waals surface area (Å²) in [6, 6.07) is 14.5. The number of carbonyl (C=O) groups excluding carboxylic acids is 1. The van der Waals surface area contributed by atoms with Gasteiger partial charge in [-0.05, 0) is 31.2 Å². The molecule has 2 aromatic carbocycles. The molecule has 0 unspecified atom stereocenters. The summed E-state index contributed by atoms with van der Waals surface area (Å²) in [7, 11) is 0. The van der Waals surface area contributed by atoms with E-state index in [0.717, 1.165) is 11.3 Å². The monoisotopic (exact) mass is 311 g/mol. The third-order valence-corrected chi connectivity index (χ3v) is 3.69. The van der Waals surface area contributed by atoms with Gasteiger partial charge in [-0.2, -0.15) is 5.10 Å². The molecule has 5 heteroatoms. The number of hydrogen-bond donors (Lipinski definition) is 1. The molecule has 22 heavy (non-hydrogen) atoms. The van der Waals surface area contributed by atoms with E-state index in [2.05, 4.69) is 5.10 Å². The van der Waals surface area contributed by atoms with Gasteiger partial charge in [0, 0.05) is 10.6 Å². The Morgan fingerprint density at radius 2 is 1.73 bits per heavy atom. The Morgan fingerprint density at radius 1 is 1.09 bits per heavy atom. The van der Waals surface area contributed by atoms with Crippen molar-refractivity contribution in [1.82, 2.24) is 9.78 Å².